The molecular formula is C20H18FN5O. The van der Waals surface area contributed by atoms with Crippen LogP contribution in [0.3, 0.4) is 0 Å². The highest BCUT2D eigenvalue weighted by molar-refractivity contribution is 5.70. The number of nitrogens with two attached hydrogens (primary N) is 1. The second-order valence-electron chi connectivity index (χ2n) is 6.06. The fourth-order valence-electron chi connectivity index (χ4n) is 2.81. The minimum atomic E-state index is -0.253. The summed E-state index contributed by atoms with van der Waals surface area (Å²) in [7, 11) is 1.59. The van der Waals surface area contributed by atoms with E-state index in [9.17, 15) is 4.39 Å². The Morgan fingerprint density at radius 1 is 1.04 bits per heavy atom. The minimum Gasteiger partial charge on any atom is -0.479 e. The first-order valence-corrected chi connectivity index (χ1v) is 8.42. The van der Waals surface area contributed by atoms with E-state index in [1.807, 2.05) is 36.4 Å². The number of hydrogen-bond acceptors (Lipinski definition) is 5. The van der Waals surface area contributed by atoms with Gasteiger partial charge in [-0.05, 0) is 42.0 Å². The Hall–Kier alpha value is -3.61. The van der Waals surface area contributed by atoms with Crippen molar-refractivity contribution in [2.45, 2.75) is 6.54 Å². The summed E-state index contributed by atoms with van der Waals surface area (Å²) in [6, 6.07) is 17.5. The Bertz CT molecular complexity index is 1070. The second kappa shape index (κ2) is 6.95. The molecule has 3 N–H and O–H groups in total. The average Bonchev–Trinajstić information content (AvgIpc) is 3.06. The summed E-state index contributed by atoms with van der Waals surface area (Å²) in [6.07, 6.45) is 0. The molecule has 2 heterocycles. The third-order valence-electron chi connectivity index (χ3n) is 4.20. The van der Waals surface area contributed by atoms with Gasteiger partial charge in [0.1, 0.15) is 17.3 Å². The molecule has 0 unspecified atom stereocenters. The Labute approximate surface area is 155 Å². The first-order valence-electron chi connectivity index (χ1n) is 8.42. The number of nitrogens with zero attached hydrogens (tertiary/aromatic N) is 3. The Balaban J connectivity index is 1.65. The van der Waals surface area contributed by atoms with Gasteiger partial charge in [-0.25, -0.2) is 9.37 Å². The number of anilines is 2. The Morgan fingerprint density at radius 2 is 1.78 bits per heavy atom. The van der Waals surface area contributed by atoms with Gasteiger partial charge in [0, 0.05) is 17.8 Å². The molecule has 7 heteroatoms. The van der Waals surface area contributed by atoms with Crippen LogP contribution in [-0.2, 0) is 6.54 Å². The summed E-state index contributed by atoms with van der Waals surface area (Å²) >= 11 is 0. The molecule has 0 bridgehead atoms. The van der Waals surface area contributed by atoms with E-state index < -0.39 is 0 Å². The second-order valence-corrected chi connectivity index (χ2v) is 6.06. The molecule has 0 aliphatic rings. The molecule has 0 spiro atoms. The molecule has 4 rings (SSSR count). The molecular weight excluding hydrogens is 345 g/mol. The standard InChI is InChI=1S/C20H18FN5O/c1-27-20-19(14-4-8-16(22)9-5-14)24-18-11-10-17(25-26(18)20)23-12-13-2-6-15(21)7-3-13/h2-11H,12,22H2,1H3,(H,23,25). The molecule has 0 radical (unpaired) electrons. The molecule has 0 saturated heterocycles. The van der Waals surface area contributed by atoms with E-state index in [2.05, 4.69) is 15.4 Å². The van der Waals surface area contributed by atoms with E-state index in [1.165, 1.54) is 12.1 Å². The highest BCUT2D eigenvalue weighted by Gasteiger charge is 2.16. The molecule has 4 aromatic rings. The molecule has 0 amide bonds. The first kappa shape index (κ1) is 16.8. The number of imidazole rings is 1. The van der Waals surface area contributed by atoms with Crippen molar-refractivity contribution in [1.29, 1.82) is 0 Å². The Morgan fingerprint density at radius 3 is 2.48 bits per heavy atom. The number of methoxy groups -OCH3 is 1. The fourth-order valence-corrected chi connectivity index (χ4v) is 2.81. The maximum absolute atomic E-state index is 13.0. The van der Waals surface area contributed by atoms with Crippen molar-refractivity contribution >= 4 is 17.2 Å². The molecule has 0 aliphatic heterocycles. The normalized spacial score (nSPS) is 10.9. The molecule has 0 saturated carbocycles. The van der Waals surface area contributed by atoms with Gasteiger partial charge in [0.2, 0.25) is 5.88 Å². The number of rotatable bonds is 5. The van der Waals surface area contributed by atoms with Crippen molar-refractivity contribution in [1.82, 2.24) is 14.6 Å². The van der Waals surface area contributed by atoms with Crippen LogP contribution in [0, 0.1) is 5.82 Å². The maximum Gasteiger partial charge on any atom is 0.243 e. The zero-order valence-corrected chi connectivity index (χ0v) is 14.7. The molecule has 0 aliphatic carbocycles. The summed E-state index contributed by atoms with van der Waals surface area (Å²) in [6.45, 7) is 0.528. The van der Waals surface area contributed by atoms with E-state index in [0.717, 1.165) is 11.1 Å². The van der Waals surface area contributed by atoms with Gasteiger partial charge in [-0.15, -0.1) is 5.10 Å². The average molecular weight is 363 g/mol. The number of ether oxygens (including phenoxy) is 1. The summed E-state index contributed by atoms with van der Waals surface area (Å²) in [5.41, 5.74) is 9.67. The number of aromatic nitrogens is 3. The first-order chi connectivity index (χ1) is 13.1. The van der Waals surface area contributed by atoms with Crippen LogP contribution >= 0.6 is 0 Å². The smallest absolute Gasteiger partial charge is 0.243 e. The van der Waals surface area contributed by atoms with Crippen LogP contribution in [0.2, 0.25) is 0 Å². The van der Waals surface area contributed by atoms with Gasteiger partial charge in [0.15, 0.2) is 5.65 Å². The number of nitrogens with one attached hydrogen (secondary N) is 1. The van der Waals surface area contributed by atoms with Crippen molar-refractivity contribution in [3.8, 4) is 17.1 Å². The molecule has 2 aromatic carbocycles. The zero-order valence-electron chi connectivity index (χ0n) is 14.7. The van der Waals surface area contributed by atoms with Crippen LogP contribution in [0.15, 0.2) is 60.7 Å². The predicted octanol–water partition coefficient (Wildman–Crippen LogP) is 3.74. The fraction of sp³-hybridized carbons (Fsp3) is 0.100. The van der Waals surface area contributed by atoms with E-state index >= 15 is 0 Å². The van der Waals surface area contributed by atoms with E-state index in [1.54, 1.807) is 23.8 Å². The molecule has 136 valence electrons. The van der Waals surface area contributed by atoms with Crippen molar-refractivity contribution in [3.63, 3.8) is 0 Å². The summed E-state index contributed by atoms with van der Waals surface area (Å²) in [4.78, 5) is 4.62. The van der Waals surface area contributed by atoms with Gasteiger partial charge < -0.3 is 15.8 Å². The highest BCUT2D eigenvalue weighted by Crippen LogP contribution is 2.30. The number of hydrogen-bond donors (Lipinski definition) is 2. The quantitative estimate of drug-likeness (QED) is 0.528. The summed E-state index contributed by atoms with van der Waals surface area (Å²) in [5.74, 6) is 0.947. The zero-order chi connectivity index (χ0) is 18.8. The topological polar surface area (TPSA) is 77.5 Å². The molecule has 27 heavy (non-hydrogen) atoms. The molecule has 2 aromatic heterocycles. The molecule has 6 nitrogen and oxygen atoms in total. The number of benzene rings is 2. The van der Waals surface area contributed by atoms with E-state index in [-0.39, 0.29) is 5.82 Å². The third kappa shape index (κ3) is 3.39. The van der Waals surface area contributed by atoms with Gasteiger partial charge in [-0.3, -0.25) is 0 Å². The van der Waals surface area contributed by atoms with Crippen LogP contribution < -0.4 is 15.8 Å². The molecule has 0 fully saturated rings. The van der Waals surface area contributed by atoms with Crippen LogP contribution in [0.5, 0.6) is 5.88 Å². The SMILES string of the molecule is COc1c(-c2ccc(N)cc2)nc2ccc(NCc3ccc(F)cc3)nn12. The van der Waals surface area contributed by atoms with Gasteiger partial charge in [0.25, 0.3) is 0 Å². The lowest BCUT2D eigenvalue weighted by atomic mass is 10.1. The van der Waals surface area contributed by atoms with Crippen molar-refractivity contribution in [2.75, 3.05) is 18.2 Å². The van der Waals surface area contributed by atoms with Crippen LogP contribution in [0.4, 0.5) is 15.9 Å². The summed E-state index contributed by atoms with van der Waals surface area (Å²) < 4.78 is 20.2. The lowest BCUT2D eigenvalue weighted by molar-refractivity contribution is 0.389. The largest absolute Gasteiger partial charge is 0.479 e. The highest BCUT2D eigenvalue weighted by atomic mass is 19.1. The number of fused-ring (bicyclic) bond motifs is 1. The molecule has 0 atom stereocenters. The van der Waals surface area contributed by atoms with Crippen LogP contribution in [0.1, 0.15) is 5.56 Å². The predicted molar refractivity (Wildman–Crippen MR) is 103 cm³/mol. The van der Waals surface area contributed by atoms with Crippen molar-refractivity contribution in [3.05, 3.63) is 72.0 Å². The lowest BCUT2D eigenvalue weighted by Crippen LogP contribution is -2.04. The lowest BCUT2D eigenvalue weighted by Gasteiger charge is -2.07. The summed E-state index contributed by atoms with van der Waals surface area (Å²) in [5, 5.41) is 7.79. The van der Waals surface area contributed by atoms with E-state index in [4.69, 9.17) is 10.5 Å². The monoisotopic (exact) mass is 363 g/mol. The van der Waals surface area contributed by atoms with Gasteiger partial charge in [-0.2, -0.15) is 4.52 Å². The van der Waals surface area contributed by atoms with Gasteiger partial charge >= 0.3 is 0 Å². The minimum absolute atomic E-state index is 0.253. The van der Waals surface area contributed by atoms with Crippen LogP contribution in [0.25, 0.3) is 16.9 Å². The van der Waals surface area contributed by atoms with Crippen molar-refractivity contribution in [2.24, 2.45) is 0 Å². The van der Waals surface area contributed by atoms with E-state index in [0.29, 0.717) is 35.3 Å². The van der Waals surface area contributed by atoms with Crippen molar-refractivity contribution < 1.29 is 9.13 Å². The van der Waals surface area contributed by atoms with Crippen LogP contribution in [-0.4, -0.2) is 21.7 Å². The number of nitrogen functional groups attached to an aromatic ring is 1. The maximum atomic E-state index is 13.0. The number of halogens is 1. The third-order valence-corrected chi connectivity index (χ3v) is 4.20. The van der Waals surface area contributed by atoms with Gasteiger partial charge in [-0.1, -0.05) is 24.3 Å². The Kier molecular flexibility index (Phi) is 4.33. The van der Waals surface area contributed by atoms with Gasteiger partial charge in [0.05, 0.1) is 7.11 Å².